The molecule has 2 N–H and O–H groups in total. The van der Waals surface area contributed by atoms with Gasteiger partial charge >= 0.3 is 0 Å². The van der Waals surface area contributed by atoms with Gasteiger partial charge in [-0.1, -0.05) is 24.3 Å². The number of benzene rings is 2. The van der Waals surface area contributed by atoms with Gasteiger partial charge in [0.2, 0.25) is 5.91 Å². The number of H-pyrrole nitrogens is 1. The fraction of sp³-hybridized carbons (Fsp3) is 0.190. The van der Waals surface area contributed by atoms with E-state index < -0.39 is 0 Å². The van der Waals surface area contributed by atoms with Crippen LogP contribution in [0.3, 0.4) is 0 Å². The number of nitrogens with one attached hydrogen (secondary N) is 2. The first kappa shape index (κ1) is 17.0. The molecule has 0 aliphatic carbocycles. The van der Waals surface area contributed by atoms with Crippen LogP contribution in [0.1, 0.15) is 25.6 Å². The van der Waals surface area contributed by atoms with Gasteiger partial charge < -0.3 is 9.88 Å². The molecule has 0 spiro atoms. The van der Waals surface area contributed by atoms with Gasteiger partial charge in [0.15, 0.2) is 0 Å². The van der Waals surface area contributed by atoms with Gasteiger partial charge in [0.1, 0.15) is 0 Å². The molecule has 6 heteroatoms. The molecule has 0 fully saturated rings. The molecule has 2 aromatic heterocycles. The number of fused-ring (bicyclic) bond motifs is 2. The molecule has 0 saturated heterocycles. The lowest BCUT2D eigenvalue weighted by molar-refractivity contribution is -0.115. The van der Waals surface area contributed by atoms with Crippen LogP contribution in [-0.2, 0) is 11.2 Å². The van der Waals surface area contributed by atoms with Crippen molar-refractivity contribution in [2.24, 2.45) is 0 Å². The summed E-state index contributed by atoms with van der Waals surface area (Å²) in [7, 11) is 0. The van der Waals surface area contributed by atoms with Gasteiger partial charge in [0.25, 0.3) is 5.56 Å². The summed E-state index contributed by atoms with van der Waals surface area (Å²) < 4.78 is 2.17. The summed E-state index contributed by atoms with van der Waals surface area (Å²) in [5, 5.41) is 11.8. The van der Waals surface area contributed by atoms with E-state index in [1.165, 1.54) is 0 Å². The van der Waals surface area contributed by atoms with Crippen LogP contribution < -0.4 is 10.9 Å². The number of carbonyl (C=O) groups excluding carboxylic acids is 1. The number of amides is 1. The number of aromatic amines is 1. The molecule has 0 atom stereocenters. The minimum atomic E-state index is -0.255. The fourth-order valence-electron chi connectivity index (χ4n) is 3.40. The first-order chi connectivity index (χ1) is 13.0. The lowest BCUT2D eigenvalue weighted by atomic mass is 10.1. The maximum atomic E-state index is 12.6. The first-order valence-electron chi connectivity index (χ1n) is 8.90. The fourth-order valence-corrected chi connectivity index (χ4v) is 3.40. The van der Waals surface area contributed by atoms with Gasteiger partial charge in [0.05, 0.1) is 28.7 Å². The molecule has 1 amide bonds. The Kier molecular flexibility index (Phi) is 4.24. The Morgan fingerprint density at radius 2 is 1.85 bits per heavy atom. The molecular formula is C21H20N4O2. The molecule has 0 saturated carbocycles. The van der Waals surface area contributed by atoms with E-state index in [0.717, 1.165) is 16.6 Å². The summed E-state index contributed by atoms with van der Waals surface area (Å²) in [5.74, 6) is -0.176. The van der Waals surface area contributed by atoms with E-state index in [1.807, 2.05) is 42.6 Å². The molecule has 136 valence electrons. The van der Waals surface area contributed by atoms with E-state index in [9.17, 15) is 9.59 Å². The third-order valence-electron chi connectivity index (χ3n) is 4.70. The zero-order valence-corrected chi connectivity index (χ0v) is 15.2. The van der Waals surface area contributed by atoms with Crippen molar-refractivity contribution in [2.45, 2.75) is 26.3 Å². The maximum absolute atomic E-state index is 12.6. The zero-order valence-electron chi connectivity index (χ0n) is 15.2. The summed E-state index contributed by atoms with van der Waals surface area (Å²) in [6.07, 6.45) is 2.11. The van der Waals surface area contributed by atoms with Gasteiger partial charge in [-0.3, -0.25) is 9.59 Å². The van der Waals surface area contributed by atoms with Crippen LogP contribution in [-0.4, -0.2) is 20.7 Å². The summed E-state index contributed by atoms with van der Waals surface area (Å²) in [6.45, 7) is 4.25. The number of rotatable bonds is 4. The lowest BCUT2D eigenvalue weighted by Crippen LogP contribution is -2.18. The summed E-state index contributed by atoms with van der Waals surface area (Å²) in [6, 6.07) is 15.4. The second kappa shape index (κ2) is 6.72. The van der Waals surface area contributed by atoms with E-state index in [2.05, 4.69) is 33.9 Å². The second-order valence-electron chi connectivity index (χ2n) is 6.83. The van der Waals surface area contributed by atoms with Crippen molar-refractivity contribution in [3.63, 3.8) is 0 Å². The number of nitrogens with zero attached hydrogens (tertiary/aromatic N) is 2. The van der Waals surface area contributed by atoms with Gasteiger partial charge in [-0.15, -0.1) is 0 Å². The van der Waals surface area contributed by atoms with Gasteiger partial charge in [-0.25, -0.2) is 5.10 Å². The Morgan fingerprint density at radius 1 is 1.07 bits per heavy atom. The average Bonchev–Trinajstić information content (AvgIpc) is 3.10. The van der Waals surface area contributed by atoms with Crippen molar-refractivity contribution in [1.82, 2.24) is 14.8 Å². The van der Waals surface area contributed by atoms with E-state index in [1.54, 1.807) is 12.1 Å². The third-order valence-corrected chi connectivity index (χ3v) is 4.70. The van der Waals surface area contributed by atoms with Crippen molar-refractivity contribution in [1.29, 1.82) is 0 Å². The Labute approximate surface area is 155 Å². The van der Waals surface area contributed by atoms with Crippen molar-refractivity contribution in [3.8, 4) is 0 Å². The monoisotopic (exact) mass is 360 g/mol. The average molecular weight is 360 g/mol. The quantitative estimate of drug-likeness (QED) is 0.583. The van der Waals surface area contributed by atoms with Gasteiger partial charge in [0, 0.05) is 23.0 Å². The molecule has 2 heterocycles. The Hall–Kier alpha value is -3.41. The Balaban J connectivity index is 1.64. The predicted molar refractivity (Wildman–Crippen MR) is 107 cm³/mol. The Bertz CT molecular complexity index is 1200. The van der Waals surface area contributed by atoms with Gasteiger partial charge in [-0.2, -0.15) is 5.10 Å². The third kappa shape index (κ3) is 3.10. The number of hydrogen-bond acceptors (Lipinski definition) is 3. The molecule has 0 bridgehead atoms. The van der Waals surface area contributed by atoms with Crippen molar-refractivity contribution >= 4 is 33.3 Å². The number of carbonyl (C=O) groups is 1. The van der Waals surface area contributed by atoms with Crippen molar-refractivity contribution in [2.75, 3.05) is 5.32 Å². The predicted octanol–water partition coefficient (Wildman–Crippen LogP) is 3.64. The Morgan fingerprint density at radius 3 is 2.63 bits per heavy atom. The molecule has 0 aliphatic heterocycles. The highest BCUT2D eigenvalue weighted by atomic mass is 16.1. The smallest absolute Gasteiger partial charge is 0.272 e. The van der Waals surface area contributed by atoms with E-state index in [4.69, 9.17) is 0 Å². The largest absolute Gasteiger partial charge is 0.345 e. The van der Waals surface area contributed by atoms with E-state index >= 15 is 0 Å². The highest BCUT2D eigenvalue weighted by molar-refractivity contribution is 6.02. The normalized spacial score (nSPS) is 11.4. The topological polar surface area (TPSA) is 79.8 Å². The maximum Gasteiger partial charge on any atom is 0.272 e. The van der Waals surface area contributed by atoms with Crippen molar-refractivity contribution < 1.29 is 4.79 Å². The summed E-state index contributed by atoms with van der Waals surface area (Å²) >= 11 is 0. The van der Waals surface area contributed by atoms with Crippen LogP contribution >= 0.6 is 0 Å². The molecule has 4 rings (SSSR count). The molecule has 27 heavy (non-hydrogen) atoms. The van der Waals surface area contributed by atoms with Crippen LogP contribution in [0.4, 0.5) is 5.69 Å². The number of anilines is 1. The van der Waals surface area contributed by atoms with Crippen LogP contribution in [0.5, 0.6) is 0 Å². The molecular weight excluding hydrogens is 340 g/mol. The van der Waals surface area contributed by atoms with Crippen LogP contribution in [0.2, 0.25) is 0 Å². The number of hydrogen-bond donors (Lipinski definition) is 2. The standard InChI is InChI=1S/C21H20N4O2/c1-13(2)25-11-10-16-17(8-5-9-19(16)25)22-20(26)12-18-14-6-3-4-7-15(14)21(27)24-23-18/h3-11,13H,12H2,1-2H3,(H,22,26)(H,24,27). The van der Waals surface area contributed by atoms with Gasteiger partial charge in [-0.05, 0) is 38.1 Å². The molecule has 6 nitrogen and oxygen atoms in total. The first-order valence-corrected chi connectivity index (χ1v) is 8.90. The SMILES string of the molecule is CC(C)n1ccc2c(NC(=O)Cc3n[nH]c(=O)c4ccccc34)cccc21. The van der Waals surface area contributed by atoms with E-state index in [-0.39, 0.29) is 17.9 Å². The van der Waals surface area contributed by atoms with Crippen LogP contribution in [0.15, 0.2) is 59.5 Å². The molecule has 2 aromatic carbocycles. The van der Waals surface area contributed by atoms with E-state index in [0.29, 0.717) is 22.5 Å². The molecule has 0 radical (unpaired) electrons. The minimum absolute atomic E-state index is 0.0819. The molecule has 0 aliphatic rings. The lowest BCUT2D eigenvalue weighted by Gasteiger charge is -2.11. The highest BCUT2D eigenvalue weighted by Crippen LogP contribution is 2.27. The number of aromatic nitrogens is 3. The summed E-state index contributed by atoms with van der Waals surface area (Å²) in [4.78, 5) is 24.5. The van der Waals surface area contributed by atoms with Crippen LogP contribution in [0, 0.1) is 0 Å². The van der Waals surface area contributed by atoms with Crippen molar-refractivity contribution in [3.05, 3.63) is 70.8 Å². The highest BCUT2D eigenvalue weighted by Gasteiger charge is 2.13. The molecule has 0 unspecified atom stereocenters. The zero-order chi connectivity index (χ0) is 19.0. The second-order valence-corrected chi connectivity index (χ2v) is 6.83. The van der Waals surface area contributed by atoms with Crippen LogP contribution in [0.25, 0.3) is 21.7 Å². The summed E-state index contributed by atoms with van der Waals surface area (Å²) in [5.41, 5.74) is 2.14. The molecule has 4 aromatic rings. The minimum Gasteiger partial charge on any atom is -0.345 e.